The maximum atomic E-state index is 12.2. The van der Waals surface area contributed by atoms with Gasteiger partial charge in [-0.05, 0) is 35.8 Å². The van der Waals surface area contributed by atoms with Crippen molar-refractivity contribution in [2.75, 3.05) is 20.1 Å². The quantitative estimate of drug-likeness (QED) is 0.774. The highest BCUT2D eigenvalue weighted by Crippen LogP contribution is 2.10. The van der Waals surface area contributed by atoms with Gasteiger partial charge in [-0.25, -0.2) is 4.79 Å². The van der Waals surface area contributed by atoms with Crippen LogP contribution in [0.15, 0.2) is 20.3 Å². The zero-order chi connectivity index (χ0) is 14.7. The highest BCUT2D eigenvalue weighted by molar-refractivity contribution is 9.10. The van der Waals surface area contributed by atoms with Gasteiger partial charge in [-0.1, -0.05) is 0 Å². The lowest BCUT2D eigenvalue weighted by Crippen LogP contribution is -2.48. The maximum absolute atomic E-state index is 12.2. The van der Waals surface area contributed by atoms with Crippen LogP contribution in [0, 0.1) is 0 Å². The third-order valence-electron chi connectivity index (χ3n) is 3.46. The number of aromatic amines is 1. The fraction of sp³-hybridized carbons (Fsp3) is 0.583. The van der Waals surface area contributed by atoms with Gasteiger partial charge in [0.2, 0.25) is 5.91 Å². The van der Waals surface area contributed by atoms with E-state index in [0.717, 1.165) is 12.8 Å². The monoisotopic (exact) mass is 344 g/mol. The van der Waals surface area contributed by atoms with Gasteiger partial charge in [-0.2, -0.15) is 0 Å². The number of halogens is 1. The molecule has 0 radical (unpaired) electrons. The molecule has 20 heavy (non-hydrogen) atoms. The van der Waals surface area contributed by atoms with Crippen molar-refractivity contribution in [3.8, 4) is 0 Å². The molecule has 0 bridgehead atoms. The smallest absolute Gasteiger partial charge is 0.328 e. The summed E-state index contributed by atoms with van der Waals surface area (Å²) < 4.78 is 1.44. The van der Waals surface area contributed by atoms with Gasteiger partial charge >= 0.3 is 5.69 Å². The van der Waals surface area contributed by atoms with Gasteiger partial charge in [-0.15, -0.1) is 0 Å². The van der Waals surface area contributed by atoms with E-state index in [0.29, 0.717) is 19.1 Å². The summed E-state index contributed by atoms with van der Waals surface area (Å²) in [5.41, 5.74) is -1.07. The number of nitrogens with one attached hydrogen (secondary N) is 2. The number of rotatable bonds is 3. The Labute approximate surface area is 124 Å². The minimum atomic E-state index is -0.575. The van der Waals surface area contributed by atoms with Crippen molar-refractivity contribution in [3.63, 3.8) is 0 Å². The number of carbonyl (C=O) groups is 1. The van der Waals surface area contributed by atoms with Crippen molar-refractivity contribution >= 4 is 21.8 Å². The van der Waals surface area contributed by atoms with Gasteiger partial charge in [0.1, 0.15) is 6.54 Å². The number of carbonyl (C=O) groups excluding carboxylic acids is 1. The van der Waals surface area contributed by atoms with Crippen LogP contribution in [0.1, 0.15) is 12.8 Å². The summed E-state index contributed by atoms with van der Waals surface area (Å²) in [5, 5.41) is 3.16. The van der Waals surface area contributed by atoms with Crippen molar-refractivity contribution < 1.29 is 4.79 Å². The molecule has 0 spiro atoms. The number of piperidine rings is 1. The molecule has 1 atom stereocenters. The molecule has 8 heteroatoms. The Hall–Kier alpha value is -1.41. The normalized spacial score (nSPS) is 19.1. The molecule has 0 aliphatic carbocycles. The molecule has 1 aliphatic heterocycles. The minimum Gasteiger partial charge on any atom is -0.340 e. The van der Waals surface area contributed by atoms with Crippen LogP contribution in [0.4, 0.5) is 0 Å². The van der Waals surface area contributed by atoms with Gasteiger partial charge in [0.25, 0.3) is 5.56 Å². The lowest BCUT2D eigenvalue weighted by atomic mass is 10.1. The fourth-order valence-corrected chi connectivity index (χ4v) is 2.63. The van der Waals surface area contributed by atoms with Gasteiger partial charge in [-0.3, -0.25) is 19.1 Å². The molecule has 1 aromatic rings. The first-order chi connectivity index (χ1) is 9.51. The molecule has 2 N–H and O–H groups in total. The van der Waals surface area contributed by atoms with Crippen molar-refractivity contribution in [1.82, 2.24) is 19.8 Å². The lowest BCUT2D eigenvalue weighted by Gasteiger charge is -2.32. The van der Waals surface area contributed by atoms with Crippen LogP contribution in [0.2, 0.25) is 0 Å². The number of amides is 1. The first-order valence-corrected chi connectivity index (χ1v) is 7.25. The molecule has 0 saturated carbocycles. The standard InChI is InChI=1S/C12H17BrN4O3/c1-14-8-3-2-4-16(5-8)10(18)7-17-6-9(13)11(19)15-12(17)20/h6,8,14H,2-5,7H2,1H3,(H,15,19,20). The zero-order valence-electron chi connectivity index (χ0n) is 11.2. The molecule has 110 valence electrons. The van der Waals surface area contributed by atoms with Crippen molar-refractivity contribution in [1.29, 1.82) is 0 Å². The molecular weight excluding hydrogens is 328 g/mol. The number of hydrogen-bond donors (Lipinski definition) is 2. The number of hydrogen-bond acceptors (Lipinski definition) is 4. The van der Waals surface area contributed by atoms with Gasteiger partial charge in [0, 0.05) is 25.3 Å². The number of nitrogens with zero attached hydrogens (tertiary/aromatic N) is 2. The molecule has 1 saturated heterocycles. The first-order valence-electron chi connectivity index (χ1n) is 6.45. The third-order valence-corrected chi connectivity index (χ3v) is 4.02. The molecule has 1 amide bonds. The molecule has 0 aromatic carbocycles. The van der Waals surface area contributed by atoms with E-state index < -0.39 is 11.2 Å². The van der Waals surface area contributed by atoms with Crippen molar-refractivity contribution in [2.24, 2.45) is 0 Å². The molecule has 2 rings (SSSR count). The SMILES string of the molecule is CNC1CCCN(C(=O)Cn2cc(Br)c(=O)[nH]c2=O)C1. The van der Waals surface area contributed by atoms with Crippen molar-refractivity contribution in [3.05, 3.63) is 31.5 Å². The van der Waals surface area contributed by atoms with Crippen LogP contribution in [0.25, 0.3) is 0 Å². The van der Waals surface area contributed by atoms with Crippen LogP contribution < -0.4 is 16.6 Å². The summed E-state index contributed by atoms with van der Waals surface area (Å²) in [6.45, 7) is 1.29. The van der Waals surface area contributed by atoms with E-state index in [1.807, 2.05) is 7.05 Å². The van der Waals surface area contributed by atoms with E-state index in [1.54, 1.807) is 4.90 Å². The molecule has 7 nitrogen and oxygen atoms in total. The Balaban J connectivity index is 2.10. The summed E-state index contributed by atoms with van der Waals surface area (Å²) in [6.07, 6.45) is 3.34. The Morgan fingerprint density at radius 2 is 2.30 bits per heavy atom. The topological polar surface area (TPSA) is 87.2 Å². The van der Waals surface area contributed by atoms with E-state index in [-0.39, 0.29) is 16.9 Å². The van der Waals surface area contributed by atoms with Crippen LogP contribution in [-0.4, -0.2) is 46.5 Å². The highest BCUT2D eigenvalue weighted by Gasteiger charge is 2.22. The Morgan fingerprint density at radius 1 is 1.55 bits per heavy atom. The minimum absolute atomic E-state index is 0.0648. The predicted octanol–water partition coefficient (Wildman–Crippen LogP) is -0.490. The van der Waals surface area contributed by atoms with Crippen LogP contribution in [-0.2, 0) is 11.3 Å². The van der Waals surface area contributed by atoms with Crippen LogP contribution in [0.5, 0.6) is 0 Å². The molecule has 1 aliphatic rings. The average molecular weight is 345 g/mol. The van der Waals surface area contributed by atoms with E-state index in [9.17, 15) is 14.4 Å². The fourth-order valence-electron chi connectivity index (χ4n) is 2.29. The molecule has 1 aromatic heterocycles. The van der Waals surface area contributed by atoms with Crippen LogP contribution >= 0.6 is 15.9 Å². The summed E-state index contributed by atoms with van der Waals surface area (Å²) in [4.78, 5) is 39.0. The molecule has 2 heterocycles. The van der Waals surface area contributed by atoms with E-state index in [1.165, 1.54) is 10.8 Å². The molecule has 1 unspecified atom stereocenters. The van der Waals surface area contributed by atoms with E-state index >= 15 is 0 Å². The Bertz CT molecular complexity index is 609. The summed E-state index contributed by atoms with van der Waals surface area (Å²) in [6, 6.07) is 0.298. The maximum Gasteiger partial charge on any atom is 0.328 e. The molecule has 1 fully saturated rings. The van der Waals surface area contributed by atoms with Gasteiger partial charge in [0.05, 0.1) is 4.47 Å². The number of aromatic nitrogens is 2. The average Bonchev–Trinajstić information content (AvgIpc) is 2.44. The first kappa shape index (κ1) is 15.0. The third kappa shape index (κ3) is 3.37. The number of likely N-dealkylation sites (tertiary alicyclic amines) is 1. The molecular formula is C12H17BrN4O3. The van der Waals surface area contributed by atoms with E-state index in [2.05, 4.69) is 26.2 Å². The summed E-state index contributed by atoms with van der Waals surface area (Å²) >= 11 is 3.05. The largest absolute Gasteiger partial charge is 0.340 e. The Morgan fingerprint density at radius 3 is 3.00 bits per heavy atom. The van der Waals surface area contributed by atoms with Gasteiger partial charge < -0.3 is 10.2 Å². The lowest BCUT2D eigenvalue weighted by molar-refractivity contribution is -0.133. The second-order valence-electron chi connectivity index (χ2n) is 4.83. The number of likely N-dealkylation sites (N-methyl/N-ethyl adjacent to an activating group) is 1. The van der Waals surface area contributed by atoms with Crippen molar-refractivity contribution in [2.45, 2.75) is 25.4 Å². The summed E-state index contributed by atoms with van der Waals surface area (Å²) in [7, 11) is 1.88. The zero-order valence-corrected chi connectivity index (χ0v) is 12.8. The number of H-pyrrole nitrogens is 1. The Kier molecular flexibility index (Phi) is 4.77. The second kappa shape index (κ2) is 6.36. The second-order valence-corrected chi connectivity index (χ2v) is 5.69. The van der Waals surface area contributed by atoms with E-state index in [4.69, 9.17) is 0 Å². The predicted molar refractivity (Wildman–Crippen MR) is 77.7 cm³/mol. The highest BCUT2D eigenvalue weighted by atomic mass is 79.9. The van der Waals surface area contributed by atoms with Crippen LogP contribution in [0.3, 0.4) is 0 Å². The summed E-state index contributed by atoms with van der Waals surface area (Å²) in [5.74, 6) is -0.119. The van der Waals surface area contributed by atoms with Gasteiger partial charge in [0.15, 0.2) is 0 Å².